The predicted octanol–water partition coefficient (Wildman–Crippen LogP) is 0.182. The number of aromatic nitrogens is 2. The number of imidazole rings is 1. The highest BCUT2D eigenvalue weighted by atomic mass is 16.5. The maximum atomic E-state index is 11.4. The van der Waals surface area contributed by atoms with Crippen LogP contribution in [0.3, 0.4) is 0 Å². The molecule has 3 rings (SSSR count). The predicted molar refractivity (Wildman–Crippen MR) is 74.7 cm³/mol. The molecular weight excluding hydrogens is 258 g/mol. The number of aromatic amines is 1. The molecule has 20 heavy (non-hydrogen) atoms. The Hall–Kier alpha value is -1.11. The molecule has 2 saturated heterocycles. The fourth-order valence-electron chi connectivity index (χ4n) is 3.32. The van der Waals surface area contributed by atoms with Crippen LogP contribution in [0.2, 0.25) is 0 Å². The topological polar surface area (TPSA) is 70.5 Å². The van der Waals surface area contributed by atoms with Gasteiger partial charge in [-0.3, -0.25) is 4.57 Å². The lowest BCUT2D eigenvalue weighted by atomic mass is 9.82. The van der Waals surface area contributed by atoms with Crippen LogP contribution >= 0.6 is 0 Å². The van der Waals surface area contributed by atoms with E-state index in [4.69, 9.17) is 4.74 Å². The van der Waals surface area contributed by atoms with Crippen molar-refractivity contribution < 1.29 is 9.84 Å². The van der Waals surface area contributed by atoms with Gasteiger partial charge in [0, 0.05) is 45.2 Å². The van der Waals surface area contributed by atoms with Crippen LogP contribution in [0.5, 0.6) is 0 Å². The van der Waals surface area contributed by atoms with Crippen molar-refractivity contribution in [3.05, 3.63) is 22.9 Å². The molecule has 1 atom stereocenters. The number of ether oxygens (including phenoxy) is 1. The molecule has 6 nitrogen and oxygen atoms in total. The van der Waals surface area contributed by atoms with Crippen LogP contribution in [0, 0.1) is 0 Å². The maximum Gasteiger partial charge on any atom is 0.325 e. The van der Waals surface area contributed by atoms with Crippen molar-refractivity contribution >= 4 is 0 Å². The van der Waals surface area contributed by atoms with Gasteiger partial charge in [-0.25, -0.2) is 4.79 Å². The third-order valence-corrected chi connectivity index (χ3v) is 4.70. The first kappa shape index (κ1) is 13.9. The summed E-state index contributed by atoms with van der Waals surface area (Å²) in [5.41, 5.74) is -0.357. The summed E-state index contributed by atoms with van der Waals surface area (Å²) in [6, 6.07) is 0. The number of H-pyrrole nitrogens is 1. The molecule has 2 fully saturated rings. The number of rotatable bonds is 3. The van der Waals surface area contributed by atoms with Crippen molar-refractivity contribution in [2.45, 2.75) is 43.9 Å². The van der Waals surface area contributed by atoms with Gasteiger partial charge in [-0.15, -0.1) is 0 Å². The average Bonchev–Trinajstić information content (AvgIpc) is 2.87. The monoisotopic (exact) mass is 281 g/mol. The molecule has 0 bridgehead atoms. The summed E-state index contributed by atoms with van der Waals surface area (Å²) in [5.74, 6) is 0. The van der Waals surface area contributed by atoms with Crippen molar-refractivity contribution in [3.63, 3.8) is 0 Å². The minimum atomic E-state index is -0.314. The highest BCUT2D eigenvalue weighted by Crippen LogP contribution is 2.35. The Balaban J connectivity index is 1.51. The summed E-state index contributed by atoms with van der Waals surface area (Å²) < 4.78 is 7.59. The van der Waals surface area contributed by atoms with E-state index in [-0.39, 0.29) is 17.4 Å². The first-order chi connectivity index (χ1) is 9.70. The summed E-state index contributed by atoms with van der Waals surface area (Å²) in [4.78, 5) is 16.4. The van der Waals surface area contributed by atoms with Crippen molar-refractivity contribution in [1.82, 2.24) is 14.5 Å². The smallest absolute Gasteiger partial charge is 0.325 e. The van der Waals surface area contributed by atoms with Crippen LogP contribution in [0.1, 0.15) is 25.7 Å². The third kappa shape index (κ3) is 2.68. The molecule has 0 saturated carbocycles. The van der Waals surface area contributed by atoms with Gasteiger partial charge in [0.25, 0.3) is 0 Å². The number of nitrogens with one attached hydrogen (secondary N) is 1. The van der Waals surface area contributed by atoms with Gasteiger partial charge in [-0.1, -0.05) is 0 Å². The summed E-state index contributed by atoms with van der Waals surface area (Å²) in [6.45, 7) is 4.20. The van der Waals surface area contributed by atoms with Crippen LogP contribution in [-0.2, 0) is 11.3 Å². The van der Waals surface area contributed by atoms with Gasteiger partial charge in [-0.2, -0.15) is 0 Å². The van der Waals surface area contributed by atoms with E-state index >= 15 is 0 Å². The van der Waals surface area contributed by atoms with Crippen LogP contribution < -0.4 is 5.69 Å². The SMILES string of the molecule is O=c1[nH]ccn1CCN1CCC2(CC1)OCCC[C@H]2O. The fourth-order valence-corrected chi connectivity index (χ4v) is 3.32. The molecule has 0 aromatic carbocycles. The number of hydrogen-bond donors (Lipinski definition) is 2. The molecule has 112 valence electrons. The average molecular weight is 281 g/mol. The third-order valence-electron chi connectivity index (χ3n) is 4.70. The van der Waals surface area contributed by atoms with Crippen LogP contribution in [-0.4, -0.2) is 57.5 Å². The Kier molecular flexibility index (Phi) is 3.96. The molecule has 2 aliphatic rings. The molecule has 0 amide bonds. The van der Waals surface area contributed by atoms with E-state index in [9.17, 15) is 9.90 Å². The highest BCUT2D eigenvalue weighted by molar-refractivity contribution is 4.95. The van der Waals surface area contributed by atoms with Crippen molar-refractivity contribution in [2.24, 2.45) is 0 Å². The first-order valence-corrected chi connectivity index (χ1v) is 7.48. The van der Waals surface area contributed by atoms with E-state index < -0.39 is 0 Å². The first-order valence-electron chi connectivity index (χ1n) is 7.48. The summed E-state index contributed by atoms with van der Waals surface area (Å²) in [7, 11) is 0. The molecular formula is C14H23N3O3. The van der Waals surface area contributed by atoms with Gasteiger partial charge >= 0.3 is 5.69 Å². The van der Waals surface area contributed by atoms with Gasteiger partial charge in [-0.05, 0) is 25.7 Å². The number of piperidine rings is 1. The zero-order valence-electron chi connectivity index (χ0n) is 11.8. The number of nitrogens with zero attached hydrogens (tertiary/aromatic N) is 2. The molecule has 0 unspecified atom stereocenters. The van der Waals surface area contributed by atoms with Gasteiger partial charge in [0.15, 0.2) is 0 Å². The summed E-state index contributed by atoms with van der Waals surface area (Å²) in [5, 5.41) is 10.2. The Bertz CT molecular complexity index is 488. The molecule has 0 radical (unpaired) electrons. The van der Waals surface area contributed by atoms with Crippen molar-refractivity contribution in [2.75, 3.05) is 26.2 Å². The van der Waals surface area contributed by atoms with Gasteiger partial charge in [0.1, 0.15) is 0 Å². The second kappa shape index (κ2) is 5.71. The van der Waals surface area contributed by atoms with Crippen molar-refractivity contribution in [3.8, 4) is 0 Å². The number of aliphatic hydroxyl groups excluding tert-OH is 1. The van der Waals surface area contributed by atoms with E-state index in [0.717, 1.165) is 51.9 Å². The normalized spacial score (nSPS) is 26.9. The standard InChI is InChI=1S/C14H23N3O3/c18-12-2-1-11-20-14(12)3-6-16(7-4-14)9-10-17-8-5-15-13(17)19/h5,8,12,18H,1-4,6-7,9-11H2,(H,15,19)/t12-/m1/s1. The van der Waals surface area contributed by atoms with E-state index in [1.54, 1.807) is 17.0 Å². The number of hydrogen-bond acceptors (Lipinski definition) is 4. The van der Waals surface area contributed by atoms with E-state index in [1.807, 2.05) is 0 Å². The lowest BCUT2D eigenvalue weighted by Gasteiger charge is -2.46. The van der Waals surface area contributed by atoms with Crippen LogP contribution in [0.15, 0.2) is 17.2 Å². The lowest BCUT2D eigenvalue weighted by Crippen LogP contribution is -2.55. The molecule has 1 spiro atoms. The minimum Gasteiger partial charge on any atom is -0.390 e. The van der Waals surface area contributed by atoms with E-state index in [2.05, 4.69) is 9.88 Å². The number of likely N-dealkylation sites (tertiary alicyclic amines) is 1. The maximum absolute atomic E-state index is 11.4. The highest BCUT2D eigenvalue weighted by Gasteiger charge is 2.43. The zero-order chi connectivity index (χ0) is 14.0. The van der Waals surface area contributed by atoms with Gasteiger partial charge in [0.05, 0.1) is 11.7 Å². The van der Waals surface area contributed by atoms with Gasteiger partial charge < -0.3 is 19.7 Å². The molecule has 6 heteroatoms. The quantitative estimate of drug-likeness (QED) is 0.829. The summed E-state index contributed by atoms with van der Waals surface area (Å²) >= 11 is 0. The zero-order valence-corrected chi connectivity index (χ0v) is 11.8. The number of aliphatic hydroxyl groups is 1. The largest absolute Gasteiger partial charge is 0.390 e. The molecule has 1 aromatic rings. The fraction of sp³-hybridized carbons (Fsp3) is 0.786. The lowest BCUT2D eigenvalue weighted by molar-refractivity contribution is -0.176. The minimum absolute atomic E-state index is 0.0514. The Labute approximate surface area is 118 Å². The van der Waals surface area contributed by atoms with Crippen LogP contribution in [0.25, 0.3) is 0 Å². The second-order valence-electron chi connectivity index (χ2n) is 5.87. The molecule has 1 aromatic heterocycles. The van der Waals surface area contributed by atoms with E-state index in [1.165, 1.54) is 0 Å². The van der Waals surface area contributed by atoms with E-state index in [0.29, 0.717) is 6.54 Å². The Morgan fingerprint density at radius 3 is 2.85 bits per heavy atom. The molecule has 2 N–H and O–H groups in total. The molecule has 0 aliphatic carbocycles. The molecule has 2 aliphatic heterocycles. The van der Waals surface area contributed by atoms with Gasteiger partial charge in [0.2, 0.25) is 0 Å². The van der Waals surface area contributed by atoms with Crippen molar-refractivity contribution in [1.29, 1.82) is 0 Å². The Morgan fingerprint density at radius 1 is 1.40 bits per heavy atom. The second-order valence-corrected chi connectivity index (χ2v) is 5.87. The molecule has 3 heterocycles. The Morgan fingerprint density at radius 2 is 2.20 bits per heavy atom. The summed E-state index contributed by atoms with van der Waals surface area (Å²) in [6.07, 6.45) is 6.72. The van der Waals surface area contributed by atoms with Crippen LogP contribution in [0.4, 0.5) is 0 Å².